The van der Waals surface area contributed by atoms with Crippen LogP contribution in [0.15, 0.2) is 47.8 Å². The van der Waals surface area contributed by atoms with Crippen molar-refractivity contribution in [3.05, 3.63) is 48.3 Å². The Morgan fingerprint density at radius 2 is 2.10 bits per heavy atom. The van der Waals surface area contributed by atoms with Crippen LogP contribution < -0.4 is 15.2 Å². The van der Waals surface area contributed by atoms with E-state index in [9.17, 15) is 0 Å². The lowest BCUT2D eigenvalue weighted by molar-refractivity contribution is 0.318. The third-order valence-electron chi connectivity index (χ3n) is 2.47. The predicted molar refractivity (Wildman–Crippen MR) is 74.4 cm³/mol. The number of benzene rings is 1. The average molecular weight is 273 g/mol. The Labute approximate surface area is 116 Å². The molecule has 1 aromatic carbocycles. The number of rotatable bonds is 5. The van der Waals surface area contributed by atoms with Crippen LogP contribution in [-0.4, -0.2) is 22.6 Å². The Hall–Kier alpha value is -2.76. The maximum atomic E-state index is 8.74. The first kappa shape index (κ1) is 13.7. The molecule has 2 aromatic rings. The summed E-state index contributed by atoms with van der Waals surface area (Å²) >= 11 is 0. The van der Waals surface area contributed by atoms with E-state index in [1.54, 1.807) is 24.3 Å². The number of hydrogen-bond acceptors (Lipinski definition) is 5. The van der Waals surface area contributed by atoms with Crippen LogP contribution in [-0.2, 0) is 0 Å². The molecule has 104 valence electrons. The summed E-state index contributed by atoms with van der Waals surface area (Å²) in [6.45, 7) is 2.48. The maximum Gasteiger partial charge on any atom is 0.192 e. The second-order valence-corrected chi connectivity index (χ2v) is 3.85. The molecule has 0 fully saturated rings. The van der Waals surface area contributed by atoms with Crippen molar-refractivity contribution in [3.63, 3.8) is 0 Å². The number of nitrogens with zero attached hydrogens (tertiary/aromatic N) is 2. The molecule has 6 heteroatoms. The van der Waals surface area contributed by atoms with Gasteiger partial charge in [-0.1, -0.05) is 11.2 Å². The number of hydrogen-bond donors (Lipinski definition) is 2. The quantitative estimate of drug-likeness (QED) is 0.378. The van der Waals surface area contributed by atoms with Crippen molar-refractivity contribution in [1.82, 2.24) is 4.98 Å². The lowest BCUT2D eigenvalue weighted by Gasteiger charge is -2.10. The molecular formula is C14H15N3O3. The van der Waals surface area contributed by atoms with E-state index >= 15 is 0 Å². The van der Waals surface area contributed by atoms with E-state index in [1.165, 1.54) is 6.20 Å². The predicted octanol–water partition coefficient (Wildman–Crippen LogP) is 2.37. The van der Waals surface area contributed by atoms with Crippen molar-refractivity contribution < 1.29 is 14.7 Å². The molecular weight excluding hydrogens is 258 g/mol. The molecule has 0 radical (unpaired) electrons. The van der Waals surface area contributed by atoms with E-state index in [0.717, 1.165) is 0 Å². The van der Waals surface area contributed by atoms with E-state index in [-0.39, 0.29) is 11.5 Å². The highest BCUT2D eigenvalue weighted by Crippen LogP contribution is 2.26. The molecule has 3 N–H and O–H groups in total. The summed E-state index contributed by atoms with van der Waals surface area (Å²) in [6, 6.07) is 10.6. The van der Waals surface area contributed by atoms with Gasteiger partial charge in [0.1, 0.15) is 11.5 Å². The van der Waals surface area contributed by atoms with E-state index in [4.69, 9.17) is 20.4 Å². The maximum absolute atomic E-state index is 8.74. The van der Waals surface area contributed by atoms with Crippen LogP contribution in [0, 0.1) is 0 Å². The summed E-state index contributed by atoms with van der Waals surface area (Å²) in [5.41, 5.74) is 5.83. The van der Waals surface area contributed by atoms with Crippen LogP contribution >= 0.6 is 0 Å². The zero-order valence-electron chi connectivity index (χ0n) is 11.0. The molecule has 6 nitrogen and oxygen atoms in total. The molecule has 0 saturated carbocycles. The molecule has 0 bridgehead atoms. The Kier molecular flexibility index (Phi) is 4.39. The second kappa shape index (κ2) is 6.42. The third-order valence-corrected chi connectivity index (χ3v) is 2.47. The van der Waals surface area contributed by atoms with Gasteiger partial charge in [-0.2, -0.15) is 0 Å². The standard InChI is InChI=1S/C14H15N3O3/c1-2-19-10-5-3-6-11(9-10)20-12-7-4-8-16-13(12)14(15)17-18/h3-9,18H,2H2,1H3,(H2,15,17). The molecule has 0 spiro atoms. The van der Waals surface area contributed by atoms with Gasteiger partial charge in [0, 0.05) is 12.3 Å². The van der Waals surface area contributed by atoms with Crippen LogP contribution in [0.4, 0.5) is 0 Å². The van der Waals surface area contributed by atoms with Crippen molar-refractivity contribution in [1.29, 1.82) is 0 Å². The van der Waals surface area contributed by atoms with Gasteiger partial charge in [0.05, 0.1) is 6.61 Å². The highest BCUT2D eigenvalue weighted by atomic mass is 16.5. The summed E-state index contributed by atoms with van der Waals surface area (Å²) in [7, 11) is 0. The number of nitrogens with two attached hydrogens (primary N) is 1. The highest BCUT2D eigenvalue weighted by Gasteiger charge is 2.10. The molecule has 0 aliphatic rings. The van der Waals surface area contributed by atoms with Crippen molar-refractivity contribution >= 4 is 5.84 Å². The lowest BCUT2D eigenvalue weighted by atomic mass is 10.3. The van der Waals surface area contributed by atoms with Crippen molar-refractivity contribution in [2.75, 3.05) is 6.61 Å². The third kappa shape index (κ3) is 3.17. The van der Waals surface area contributed by atoms with Crippen LogP contribution in [0.1, 0.15) is 12.6 Å². The van der Waals surface area contributed by atoms with Gasteiger partial charge >= 0.3 is 0 Å². The molecule has 0 aliphatic heterocycles. The van der Waals surface area contributed by atoms with E-state index in [2.05, 4.69) is 10.1 Å². The summed E-state index contributed by atoms with van der Waals surface area (Å²) in [6.07, 6.45) is 1.54. The molecule has 1 heterocycles. The fourth-order valence-electron chi connectivity index (χ4n) is 1.63. The second-order valence-electron chi connectivity index (χ2n) is 3.85. The molecule has 2 rings (SSSR count). The van der Waals surface area contributed by atoms with Gasteiger partial charge < -0.3 is 20.4 Å². The number of aromatic nitrogens is 1. The van der Waals surface area contributed by atoms with Crippen molar-refractivity contribution in [3.8, 4) is 17.2 Å². The first-order valence-electron chi connectivity index (χ1n) is 6.08. The first-order chi connectivity index (χ1) is 9.74. The number of ether oxygens (including phenoxy) is 2. The number of amidine groups is 1. The fraction of sp³-hybridized carbons (Fsp3) is 0.143. The van der Waals surface area contributed by atoms with Crippen LogP contribution in [0.2, 0.25) is 0 Å². The summed E-state index contributed by atoms with van der Waals surface area (Å²) < 4.78 is 11.1. The monoisotopic (exact) mass is 273 g/mol. The van der Waals surface area contributed by atoms with Crippen LogP contribution in [0.5, 0.6) is 17.2 Å². The van der Waals surface area contributed by atoms with Gasteiger partial charge in [-0.25, -0.2) is 4.98 Å². The van der Waals surface area contributed by atoms with E-state index in [1.807, 2.05) is 19.1 Å². The average Bonchev–Trinajstić information content (AvgIpc) is 2.48. The largest absolute Gasteiger partial charge is 0.494 e. The van der Waals surface area contributed by atoms with Crippen LogP contribution in [0.3, 0.4) is 0 Å². The Bertz CT molecular complexity index is 614. The van der Waals surface area contributed by atoms with Gasteiger partial charge in [0.25, 0.3) is 0 Å². The smallest absolute Gasteiger partial charge is 0.192 e. The molecule has 0 aliphatic carbocycles. The van der Waals surface area contributed by atoms with E-state index < -0.39 is 0 Å². The molecule has 0 unspecified atom stereocenters. The zero-order valence-corrected chi connectivity index (χ0v) is 11.0. The van der Waals surface area contributed by atoms with Crippen molar-refractivity contribution in [2.45, 2.75) is 6.92 Å². The zero-order chi connectivity index (χ0) is 14.4. The van der Waals surface area contributed by atoms with Gasteiger partial charge in [-0.15, -0.1) is 0 Å². The summed E-state index contributed by atoms with van der Waals surface area (Å²) in [4.78, 5) is 4.03. The number of oxime groups is 1. The number of pyridine rings is 1. The molecule has 20 heavy (non-hydrogen) atoms. The fourth-order valence-corrected chi connectivity index (χ4v) is 1.63. The van der Waals surface area contributed by atoms with Gasteiger partial charge in [-0.05, 0) is 31.2 Å². The topological polar surface area (TPSA) is 90.0 Å². The lowest BCUT2D eigenvalue weighted by Crippen LogP contribution is -2.15. The molecule has 0 saturated heterocycles. The Morgan fingerprint density at radius 3 is 2.85 bits per heavy atom. The summed E-state index contributed by atoms with van der Waals surface area (Å²) in [5.74, 6) is 1.58. The SMILES string of the molecule is CCOc1cccc(Oc2cccnc2/C(N)=N/O)c1. The Balaban J connectivity index is 2.28. The minimum atomic E-state index is -0.110. The molecule has 0 atom stereocenters. The minimum absolute atomic E-state index is 0.110. The summed E-state index contributed by atoms with van der Waals surface area (Å²) in [5, 5.41) is 11.7. The van der Waals surface area contributed by atoms with Gasteiger partial charge in [0.2, 0.25) is 0 Å². The Morgan fingerprint density at radius 1 is 1.30 bits per heavy atom. The van der Waals surface area contributed by atoms with Gasteiger partial charge in [-0.3, -0.25) is 0 Å². The van der Waals surface area contributed by atoms with Crippen molar-refractivity contribution in [2.24, 2.45) is 10.9 Å². The first-order valence-corrected chi connectivity index (χ1v) is 6.08. The normalized spacial score (nSPS) is 11.2. The minimum Gasteiger partial charge on any atom is -0.494 e. The molecule has 1 aromatic heterocycles. The van der Waals surface area contributed by atoms with Crippen LogP contribution in [0.25, 0.3) is 0 Å². The van der Waals surface area contributed by atoms with Gasteiger partial charge in [0.15, 0.2) is 17.3 Å². The van der Waals surface area contributed by atoms with E-state index in [0.29, 0.717) is 23.9 Å². The molecule has 0 amide bonds. The highest BCUT2D eigenvalue weighted by molar-refractivity contribution is 5.97.